The number of carbonyl (C=O) groups is 1. The molecule has 1 amide bonds. The summed E-state index contributed by atoms with van der Waals surface area (Å²) in [6.45, 7) is 11.9. The van der Waals surface area contributed by atoms with Gasteiger partial charge >= 0.3 is 6.09 Å². The average molecular weight is 463 g/mol. The van der Waals surface area contributed by atoms with Crippen LogP contribution < -0.4 is 4.74 Å². The Labute approximate surface area is 201 Å². The van der Waals surface area contributed by atoms with Crippen molar-refractivity contribution in [3.63, 3.8) is 0 Å². The number of amides is 1. The minimum absolute atomic E-state index is 0.122. The van der Waals surface area contributed by atoms with Crippen LogP contribution in [0.4, 0.5) is 4.79 Å². The first kappa shape index (κ1) is 22.8. The second-order valence-electron chi connectivity index (χ2n) is 11.1. The Morgan fingerprint density at radius 3 is 2.68 bits per heavy atom. The fourth-order valence-corrected chi connectivity index (χ4v) is 4.84. The molecule has 1 aromatic heterocycles. The Hall–Kier alpha value is -2.96. The highest BCUT2D eigenvalue weighted by atomic mass is 16.6. The number of aliphatic imine (C=N–C) groups is 1. The summed E-state index contributed by atoms with van der Waals surface area (Å²) in [4.78, 5) is 28.4. The highest BCUT2D eigenvalue weighted by Crippen LogP contribution is 2.54. The van der Waals surface area contributed by atoms with E-state index < -0.39 is 5.60 Å². The Bertz CT molecular complexity index is 1130. The Morgan fingerprint density at radius 2 is 1.97 bits per heavy atom. The van der Waals surface area contributed by atoms with Gasteiger partial charge < -0.3 is 14.4 Å². The van der Waals surface area contributed by atoms with Crippen LogP contribution in [0.15, 0.2) is 35.6 Å². The number of benzene rings is 1. The van der Waals surface area contributed by atoms with E-state index in [1.807, 2.05) is 20.8 Å². The molecule has 2 aliphatic heterocycles. The van der Waals surface area contributed by atoms with Gasteiger partial charge in [-0.05, 0) is 63.1 Å². The molecule has 1 aromatic carbocycles. The van der Waals surface area contributed by atoms with E-state index in [4.69, 9.17) is 19.5 Å². The molecule has 7 heteroatoms. The maximum absolute atomic E-state index is 12.7. The van der Waals surface area contributed by atoms with E-state index in [-0.39, 0.29) is 17.6 Å². The fourth-order valence-electron chi connectivity index (χ4n) is 4.84. The van der Waals surface area contributed by atoms with Crippen molar-refractivity contribution in [1.29, 1.82) is 0 Å². The first-order chi connectivity index (χ1) is 16.1. The molecule has 3 aliphatic rings. The monoisotopic (exact) mass is 462 g/mol. The summed E-state index contributed by atoms with van der Waals surface area (Å²) in [5.41, 5.74) is 4.83. The van der Waals surface area contributed by atoms with Crippen LogP contribution in [-0.4, -0.2) is 51.5 Å². The van der Waals surface area contributed by atoms with E-state index >= 15 is 0 Å². The second kappa shape index (κ2) is 8.36. The number of hydrogen-bond acceptors (Lipinski definition) is 6. The zero-order valence-corrected chi connectivity index (χ0v) is 20.8. The molecule has 1 atom stereocenters. The van der Waals surface area contributed by atoms with Gasteiger partial charge in [-0.3, -0.25) is 9.98 Å². The minimum Gasteiger partial charge on any atom is -0.471 e. The van der Waals surface area contributed by atoms with E-state index in [0.29, 0.717) is 31.4 Å². The Morgan fingerprint density at radius 1 is 1.18 bits per heavy atom. The molecule has 2 aromatic rings. The summed E-state index contributed by atoms with van der Waals surface area (Å²) in [5, 5.41) is 0. The van der Waals surface area contributed by atoms with Crippen molar-refractivity contribution in [3.8, 4) is 5.88 Å². The molecule has 0 unspecified atom stereocenters. The molecule has 1 saturated carbocycles. The summed E-state index contributed by atoms with van der Waals surface area (Å²) in [6.07, 6.45) is 6.16. The van der Waals surface area contributed by atoms with E-state index in [2.05, 4.69) is 37.0 Å². The molecule has 1 aliphatic carbocycles. The molecule has 7 nitrogen and oxygen atoms in total. The Balaban J connectivity index is 1.35. The first-order valence-electron chi connectivity index (χ1n) is 12.3. The molecule has 5 rings (SSSR count). The number of ether oxygens (including phenoxy) is 2. The first-order valence-corrected chi connectivity index (χ1v) is 12.3. The number of aromatic nitrogens is 2. The molecule has 34 heavy (non-hydrogen) atoms. The van der Waals surface area contributed by atoms with Crippen LogP contribution in [0, 0.1) is 5.41 Å². The predicted octanol–water partition coefficient (Wildman–Crippen LogP) is 5.12. The average Bonchev–Trinajstić information content (AvgIpc) is 3.42. The molecule has 1 saturated heterocycles. The quantitative estimate of drug-likeness (QED) is 0.630. The van der Waals surface area contributed by atoms with Gasteiger partial charge in [-0.25, -0.2) is 9.78 Å². The number of likely N-dealkylation sites (tertiary alicyclic amines) is 1. The highest BCUT2D eigenvalue weighted by molar-refractivity contribution is 6.14. The summed E-state index contributed by atoms with van der Waals surface area (Å²) >= 11 is 0. The summed E-state index contributed by atoms with van der Waals surface area (Å²) in [5.74, 6) is 0.929. The van der Waals surface area contributed by atoms with Crippen LogP contribution in [0.2, 0.25) is 0 Å². The topological polar surface area (TPSA) is 76.9 Å². The van der Waals surface area contributed by atoms with E-state index in [0.717, 1.165) is 36.2 Å². The van der Waals surface area contributed by atoms with Crippen LogP contribution in [0.1, 0.15) is 82.2 Å². The maximum Gasteiger partial charge on any atom is 0.410 e. The standard InChI is InChI=1S/C27H34N4O3/c1-17(2)18-6-7-19-13-29-24(20(19)12-18)21-14-28-15-23(30-21)33-22-16-31(11-10-27(22)8-9-27)25(32)34-26(3,4)5/h6-7,12,14-15,17,22H,8-11,13,16H2,1-5H3/t22-/m0/s1. The zero-order valence-electron chi connectivity index (χ0n) is 20.8. The van der Waals surface area contributed by atoms with Gasteiger partial charge in [0.2, 0.25) is 5.88 Å². The molecule has 0 bridgehead atoms. The van der Waals surface area contributed by atoms with Crippen LogP contribution in [0.5, 0.6) is 5.88 Å². The molecule has 0 N–H and O–H groups in total. The third-order valence-corrected chi connectivity index (χ3v) is 7.07. The number of carbonyl (C=O) groups excluding carboxylic acids is 1. The van der Waals surface area contributed by atoms with Gasteiger partial charge in [-0.1, -0.05) is 26.0 Å². The van der Waals surface area contributed by atoms with Crippen LogP contribution in [0.25, 0.3) is 0 Å². The van der Waals surface area contributed by atoms with Gasteiger partial charge in [0.05, 0.1) is 31.2 Å². The lowest BCUT2D eigenvalue weighted by Gasteiger charge is -2.39. The number of rotatable bonds is 4. The minimum atomic E-state index is -0.518. The number of nitrogens with zero attached hydrogens (tertiary/aromatic N) is 4. The molecule has 0 radical (unpaired) electrons. The molecular formula is C27H34N4O3. The zero-order chi connectivity index (χ0) is 24.1. The van der Waals surface area contributed by atoms with Gasteiger partial charge in [0.1, 0.15) is 17.4 Å². The fraction of sp³-hybridized carbons (Fsp3) is 0.556. The third kappa shape index (κ3) is 4.52. The van der Waals surface area contributed by atoms with Crippen LogP contribution >= 0.6 is 0 Å². The van der Waals surface area contributed by atoms with Crippen molar-refractivity contribution in [2.75, 3.05) is 13.1 Å². The predicted molar refractivity (Wildman–Crippen MR) is 130 cm³/mol. The normalized spacial score (nSPS) is 20.8. The lowest BCUT2D eigenvalue weighted by atomic mass is 9.90. The van der Waals surface area contributed by atoms with Gasteiger partial charge in [0.25, 0.3) is 0 Å². The SMILES string of the molecule is CC(C)c1ccc2c(c1)C(c1cncc(O[C@H]3CN(C(=O)OC(C)(C)C)CCC34CC4)n1)=NC2. The summed E-state index contributed by atoms with van der Waals surface area (Å²) in [6, 6.07) is 6.57. The maximum atomic E-state index is 12.7. The van der Waals surface area contributed by atoms with Crippen molar-refractivity contribution < 1.29 is 14.3 Å². The third-order valence-electron chi connectivity index (χ3n) is 7.07. The van der Waals surface area contributed by atoms with Crippen LogP contribution in [-0.2, 0) is 11.3 Å². The van der Waals surface area contributed by atoms with Crippen LogP contribution in [0.3, 0.4) is 0 Å². The van der Waals surface area contributed by atoms with Crippen molar-refractivity contribution in [3.05, 3.63) is 53.0 Å². The number of fused-ring (bicyclic) bond motifs is 1. The number of hydrogen-bond donors (Lipinski definition) is 0. The smallest absolute Gasteiger partial charge is 0.410 e. The van der Waals surface area contributed by atoms with Gasteiger partial charge in [-0.2, -0.15) is 0 Å². The molecular weight excluding hydrogens is 428 g/mol. The van der Waals surface area contributed by atoms with Crippen molar-refractivity contribution in [1.82, 2.24) is 14.9 Å². The summed E-state index contributed by atoms with van der Waals surface area (Å²) < 4.78 is 12.0. The van der Waals surface area contributed by atoms with Crippen molar-refractivity contribution in [2.24, 2.45) is 10.4 Å². The molecule has 180 valence electrons. The van der Waals surface area contributed by atoms with E-state index in [1.165, 1.54) is 11.1 Å². The van der Waals surface area contributed by atoms with Crippen molar-refractivity contribution in [2.45, 2.75) is 78.0 Å². The van der Waals surface area contributed by atoms with Gasteiger partial charge in [-0.15, -0.1) is 0 Å². The van der Waals surface area contributed by atoms with Gasteiger partial charge in [0.15, 0.2) is 0 Å². The number of piperidine rings is 1. The molecule has 3 heterocycles. The highest BCUT2D eigenvalue weighted by Gasteiger charge is 2.54. The molecule has 1 spiro atoms. The Kier molecular flexibility index (Phi) is 5.61. The van der Waals surface area contributed by atoms with E-state index in [9.17, 15) is 4.79 Å². The lowest BCUT2D eigenvalue weighted by molar-refractivity contribution is -0.0120. The summed E-state index contributed by atoms with van der Waals surface area (Å²) in [7, 11) is 0. The van der Waals surface area contributed by atoms with Crippen molar-refractivity contribution >= 4 is 11.8 Å². The van der Waals surface area contributed by atoms with E-state index in [1.54, 1.807) is 17.3 Å². The largest absolute Gasteiger partial charge is 0.471 e. The second-order valence-corrected chi connectivity index (χ2v) is 11.1. The van der Waals surface area contributed by atoms with Gasteiger partial charge in [0, 0.05) is 17.5 Å². The molecule has 2 fully saturated rings. The lowest BCUT2D eigenvalue weighted by Crippen LogP contribution is -2.51.